The maximum absolute atomic E-state index is 12.1. The third-order valence-electron chi connectivity index (χ3n) is 3.34. The second-order valence-electron chi connectivity index (χ2n) is 4.96. The highest BCUT2D eigenvalue weighted by Crippen LogP contribution is 2.17. The molecule has 0 fully saturated rings. The molecule has 1 unspecified atom stereocenters. The number of ether oxygens (including phenoxy) is 1. The van der Waals surface area contributed by atoms with E-state index >= 15 is 0 Å². The topological polar surface area (TPSA) is 67.4 Å². The molecule has 2 amide bonds. The van der Waals surface area contributed by atoms with Gasteiger partial charge in [-0.05, 0) is 25.8 Å². The third kappa shape index (κ3) is 3.97. The molecule has 1 aromatic carbocycles. The van der Waals surface area contributed by atoms with Crippen LogP contribution in [-0.2, 0) is 9.53 Å². The first kappa shape index (κ1) is 15.8. The van der Waals surface area contributed by atoms with Crippen LogP contribution in [0.5, 0.6) is 0 Å². The van der Waals surface area contributed by atoms with Gasteiger partial charge in [0.15, 0.2) is 0 Å². The maximum Gasteiger partial charge on any atom is 0.337 e. The standard InChI is InChI=1S/C17H20N2O3/c1-3-22-16(20)15-12(2)18-17(21)19-14(15)11-7-10-13-8-5-4-6-9-13/h4-10,14H,3,11H2,1-2H3,(H2,18,19,21)/b10-7+. The van der Waals surface area contributed by atoms with Crippen LogP contribution in [0.4, 0.5) is 4.79 Å². The zero-order chi connectivity index (χ0) is 15.9. The smallest absolute Gasteiger partial charge is 0.337 e. The molecular weight excluding hydrogens is 280 g/mol. The summed E-state index contributed by atoms with van der Waals surface area (Å²) in [5.41, 5.74) is 2.08. The molecule has 0 radical (unpaired) electrons. The van der Waals surface area contributed by atoms with Gasteiger partial charge in [-0.25, -0.2) is 9.59 Å². The normalized spacial score (nSPS) is 18.1. The maximum atomic E-state index is 12.1. The number of hydrogen-bond acceptors (Lipinski definition) is 3. The highest BCUT2D eigenvalue weighted by atomic mass is 16.5. The molecule has 1 heterocycles. The molecule has 0 saturated heterocycles. The fraction of sp³-hybridized carbons (Fsp3) is 0.294. The van der Waals surface area contributed by atoms with E-state index in [9.17, 15) is 9.59 Å². The molecule has 5 heteroatoms. The average molecular weight is 300 g/mol. The molecule has 1 aliphatic heterocycles. The molecule has 1 aliphatic rings. The first-order valence-electron chi connectivity index (χ1n) is 7.28. The van der Waals surface area contributed by atoms with E-state index in [0.717, 1.165) is 5.56 Å². The molecule has 5 nitrogen and oxygen atoms in total. The number of amides is 2. The van der Waals surface area contributed by atoms with Crippen molar-refractivity contribution in [2.24, 2.45) is 0 Å². The van der Waals surface area contributed by atoms with E-state index in [4.69, 9.17) is 4.74 Å². The minimum absolute atomic E-state index is 0.302. The van der Waals surface area contributed by atoms with Gasteiger partial charge in [0.05, 0.1) is 18.2 Å². The predicted octanol–water partition coefficient (Wildman–Crippen LogP) is 2.61. The van der Waals surface area contributed by atoms with Crippen LogP contribution in [0.1, 0.15) is 25.8 Å². The number of rotatable bonds is 5. The van der Waals surface area contributed by atoms with Gasteiger partial charge in [-0.2, -0.15) is 0 Å². The number of hydrogen-bond donors (Lipinski definition) is 2. The fourth-order valence-electron chi connectivity index (χ4n) is 2.35. The van der Waals surface area contributed by atoms with E-state index in [1.54, 1.807) is 13.8 Å². The van der Waals surface area contributed by atoms with Crippen LogP contribution in [0.3, 0.4) is 0 Å². The molecule has 116 valence electrons. The van der Waals surface area contributed by atoms with E-state index in [0.29, 0.717) is 24.3 Å². The highest BCUT2D eigenvalue weighted by Gasteiger charge is 2.29. The Morgan fingerprint density at radius 3 is 2.73 bits per heavy atom. The lowest BCUT2D eigenvalue weighted by Gasteiger charge is -2.26. The van der Waals surface area contributed by atoms with Crippen molar-refractivity contribution in [3.63, 3.8) is 0 Å². The van der Waals surface area contributed by atoms with Gasteiger partial charge in [0.2, 0.25) is 0 Å². The quantitative estimate of drug-likeness (QED) is 0.821. The van der Waals surface area contributed by atoms with Crippen LogP contribution in [0.2, 0.25) is 0 Å². The van der Waals surface area contributed by atoms with E-state index in [2.05, 4.69) is 10.6 Å². The highest BCUT2D eigenvalue weighted by molar-refractivity contribution is 5.94. The summed E-state index contributed by atoms with van der Waals surface area (Å²) in [4.78, 5) is 23.7. The van der Waals surface area contributed by atoms with Gasteiger partial charge in [0, 0.05) is 5.70 Å². The molecule has 1 atom stereocenters. The first-order valence-corrected chi connectivity index (χ1v) is 7.28. The number of esters is 1. The Balaban J connectivity index is 2.12. The third-order valence-corrected chi connectivity index (χ3v) is 3.34. The van der Waals surface area contributed by atoms with Crippen molar-refractivity contribution in [1.82, 2.24) is 10.6 Å². The Hall–Kier alpha value is -2.56. The number of urea groups is 1. The van der Waals surface area contributed by atoms with Crippen molar-refractivity contribution >= 4 is 18.1 Å². The summed E-state index contributed by atoms with van der Waals surface area (Å²) in [5.74, 6) is -0.398. The molecule has 0 aliphatic carbocycles. The number of benzene rings is 1. The summed E-state index contributed by atoms with van der Waals surface area (Å²) in [5, 5.41) is 5.37. The van der Waals surface area contributed by atoms with Gasteiger partial charge in [0.25, 0.3) is 0 Å². The molecule has 0 bridgehead atoms. The van der Waals surface area contributed by atoms with Crippen LogP contribution in [0, 0.1) is 0 Å². The summed E-state index contributed by atoms with van der Waals surface area (Å²) < 4.78 is 5.07. The van der Waals surface area contributed by atoms with Gasteiger partial charge in [-0.15, -0.1) is 0 Å². The van der Waals surface area contributed by atoms with E-state index in [1.807, 2.05) is 42.5 Å². The Labute approximate surface area is 130 Å². The van der Waals surface area contributed by atoms with Crippen LogP contribution in [0.15, 0.2) is 47.7 Å². The van der Waals surface area contributed by atoms with Gasteiger partial charge < -0.3 is 15.4 Å². The van der Waals surface area contributed by atoms with Crippen LogP contribution in [0.25, 0.3) is 6.08 Å². The van der Waals surface area contributed by atoms with Crippen molar-refractivity contribution in [3.8, 4) is 0 Å². The largest absolute Gasteiger partial charge is 0.463 e. The van der Waals surface area contributed by atoms with Crippen molar-refractivity contribution < 1.29 is 14.3 Å². The molecule has 0 spiro atoms. The van der Waals surface area contributed by atoms with Crippen LogP contribution < -0.4 is 10.6 Å². The Morgan fingerprint density at radius 2 is 2.05 bits per heavy atom. The average Bonchev–Trinajstić information content (AvgIpc) is 2.48. The lowest BCUT2D eigenvalue weighted by molar-refractivity contribution is -0.139. The summed E-state index contributed by atoms with van der Waals surface area (Å²) in [6.07, 6.45) is 4.43. The van der Waals surface area contributed by atoms with E-state index in [-0.39, 0.29) is 12.1 Å². The van der Waals surface area contributed by atoms with Crippen molar-refractivity contribution in [3.05, 3.63) is 53.2 Å². The molecule has 2 N–H and O–H groups in total. The fourth-order valence-corrected chi connectivity index (χ4v) is 2.35. The summed E-state index contributed by atoms with van der Waals surface area (Å²) >= 11 is 0. The predicted molar refractivity (Wildman–Crippen MR) is 84.9 cm³/mol. The number of carbonyl (C=O) groups excluding carboxylic acids is 2. The lowest BCUT2D eigenvalue weighted by Crippen LogP contribution is -2.49. The van der Waals surface area contributed by atoms with Crippen LogP contribution >= 0.6 is 0 Å². The van der Waals surface area contributed by atoms with Crippen molar-refractivity contribution in [1.29, 1.82) is 0 Å². The zero-order valence-electron chi connectivity index (χ0n) is 12.8. The molecule has 0 aromatic heterocycles. The molecule has 0 saturated carbocycles. The van der Waals surface area contributed by atoms with Gasteiger partial charge >= 0.3 is 12.0 Å². The van der Waals surface area contributed by atoms with Crippen LogP contribution in [-0.4, -0.2) is 24.6 Å². The van der Waals surface area contributed by atoms with E-state index in [1.165, 1.54) is 0 Å². The molecular formula is C17H20N2O3. The van der Waals surface area contributed by atoms with Gasteiger partial charge in [0.1, 0.15) is 0 Å². The monoisotopic (exact) mass is 300 g/mol. The molecule has 22 heavy (non-hydrogen) atoms. The van der Waals surface area contributed by atoms with Gasteiger partial charge in [-0.3, -0.25) is 0 Å². The minimum atomic E-state index is -0.398. The Bertz CT molecular complexity index is 606. The second-order valence-corrected chi connectivity index (χ2v) is 4.96. The molecule has 1 aromatic rings. The SMILES string of the molecule is CCOC(=O)C1=C(C)NC(=O)NC1C/C=C/c1ccccc1. The van der Waals surface area contributed by atoms with Crippen molar-refractivity contribution in [2.45, 2.75) is 26.3 Å². The number of carbonyl (C=O) groups is 2. The minimum Gasteiger partial charge on any atom is -0.463 e. The lowest BCUT2D eigenvalue weighted by atomic mass is 9.99. The van der Waals surface area contributed by atoms with E-state index < -0.39 is 5.97 Å². The van der Waals surface area contributed by atoms with Gasteiger partial charge in [-0.1, -0.05) is 42.5 Å². The molecule has 2 rings (SSSR count). The summed E-state index contributed by atoms with van der Waals surface area (Å²) in [6.45, 7) is 3.77. The Kier molecular flexibility index (Phi) is 5.36. The number of nitrogens with one attached hydrogen (secondary N) is 2. The zero-order valence-corrected chi connectivity index (χ0v) is 12.8. The first-order chi connectivity index (χ1) is 10.6. The number of allylic oxidation sites excluding steroid dienone is 1. The Morgan fingerprint density at radius 1 is 1.32 bits per heavy atom. The van der Waals surface area contributed by atoms with Crippen molar-refractivity contribution in [2.75, 3.05) is 6.61 Å². The summed E-state index contributed by atoms with van der Waals surface area (Å²) in [7, 11) is 0. The second kappa shape index (κ2) is 7.45. The summed E-state index contributed by atoms with van der Waals surface area (Å²) in [6, 6.07) is 9.17.